The van der Waals surface area contributed by atoms with Crippen molar-refractivity contribution in [1.82, 2.24) is 14.3 Å². The first-order valence-corrected chi connectivity index (χ1v) is 4.82. The van der Waals surface area contributed by atoms with E-state index in [0.29, 0.717) is 0 Å². The molecule has 0 aliphatic heterocycles. The van der Waals surface area contributed by atoms with Crippen LogP contribution in [0.25, 0.3) is 5.65 Å². The molecule has 2 aromatic rings. The van der Waals surface area contributed by atoms with E-state index in [0.717, 1.165) is 17.0 Å². The Kier molecular flexibility index (Phi) is 2.41. The molecule has 15 heavy (non-hydrogen) atoms. The number of aromatic nitrogens is 2. The molecule has 0 atom stereocenters. The summed E-state index contributed by atoms with van der Waals surface area (Å²) in [6.07, 6.45) is 5.53. The van der Waals surface area contributed by atoms with Gasteiger partial charge in [-0.05, 0) is 19.1 Å². The lowest BCUT2D eigenvalue weighted by molar-refractivity contribution is 0.643. The zero-order valence-electron chi connectivity index (χ0n) is 9.18. The number of fused-ring (bicyclic) bond motifs is 1. The van der Waals surface area contributed by atoms with Crippen LogP contribution in [0.1, 0.15) is 5.69 Å². The first-order chi connectivity index (χ1) is 7.18. The van der Waals surface area contributed by atoms with E-state index < -0.39 is 0 Å². The van der Waals surface area contributed by atoms with Gasteiger partial charge in [-0.15, -0.1) is 0 Å². The van der Waals surface area contributed by atoms with E-state index >= 15 is 0 Å². The third kappa shape index (κ3) is 1.83. The zero-order valence-corrected chi connectivity index (χ0v) is 9.18. The lowest BCUT2D eigenvalue weighted by Gasteiger charge is -2.06. The van der Waals surface area contributed by atoms with Crippen molar-refractivity contribution in [3.05, 3.63) is 30.2 Å². The minimum Gasteiger partial charge on any atom is -0.369 e. The predicted octanol–water partition coefficient (Wildman–Crippen LogP) is 1.86. The van der Waals surface area contributed by atoms with Crippen LogP contribution >= 0.6 is 0 Å². The van der Waals surface area contributed by atoms with Crippen molar-refractivity contribution in [1.29, 1.82) is 0 Å². The summed E-state index contributed by atoms with van der Waals surface area (Å²) < 4.78 is 2.03. The van der Waals surface area contributed by atoms with Gasteiger partial charge in [-0.3, -0.25) is 0 Å². The highest BCUT2D eigenvalue weighted by atomic mass is 15.1. The van der Waals surface area contributed by atoms with Gasteiger partial charge in [0.2, 0.25) is 0 Å². The number of nitrogens with zero attached hydrogens (tertiary/aromatic N) is 4. The number of imidazole rings is 1. The van der Waals surface area contributed by atoms with Gasteiger partial charge in [-0.2, -0.15) is 0 Å². The fourth-order valence-electron chi connectivity index (χ4n) is 1.43. The minimum absolute atomic E-state index is 0.955. The third-order valence-corrected chi connectivity index (χ3v) is 2.22. The van der Waals surface area contributed by atoms with Gasteiger partial charge < -0.3 is 9.30 Å². The van der Waals surface area contributed by atoms with Crippen molar-refractivity contribution in [3.8, 4) is 0 Å². The quantitative estimate of drug-likeness (QED) is 0.550. The molecule has 0 amide bonds. The Labute approximate surface area is 88.9 Å². The van der Waals surface area contributed by atoms with Gasteiger partial charge in [0.1, 0.15) is 5.65 Å². The fourth-order valence-corrected chi connectivity index (χ4v) is 1.43. The maximum absolute atomic E-state index is 4.39. The zero-order chi connectivity index (χ0) is 10.8. The van der Waals surface area contributed by atoms with E-state index in [1.54, 1.807) is 12.5 Å². The summed E-state index contributed by atoms with van der Waals surface area (Å²) in [7, 11) is 3.91. The second-order valence-corrected chi connectivity index (χ2v) is 3.67. The van der Waals surface area contributed by atoms with Gasteiger partial charge in [0.25, 0.3) is 0 Å². The number of hydrogen-bond donors (Lipinski definition) is 0. The van der Waals surface area contributed by atoms with Crippen LogP contribution in [0.5, 0.6) is 0 Å². The lowest BCUT2D eigenvalue weighted by atomic mass is 10.3. The normalized spacial score (nSPS) is 11.4. The van der Waals surface area contributed by atoms with E-state index in [4.69, 9.17) is 0 Å². The highest BCUT2D eigenvalue weighted by Crippen LogP contribution is 2.19. The number of hydrogen-bond acceptors (Lipinski definition) is 2. The summed E-state index contributed by atoms with van der Waals surface area (Å²) in [6, 6.07) is 3.95. The van der Waals surface area contributed by atoms with Crippen LogP contribution < -0.4 is 0 Å². The molecule has 0 bridgehead atoms. The summed E-state index contributed by atoms with van der Waals surface area (Å²) >= 11 is 0. The Morgan fingerprint density at radius 3 is 2.93 bits per heavy atom. The number of rotatable bonds is 2. The van der Waals surface area contributed by atoms with Gasteiger partial charge in [0.05, 0.1) is 12.0 Å². The molecule has 0 fully saturated rings. The number of pyridine rings is 1. The maximum atomic E-state index is 4.39. The first-order valence-electron chi connectivity index (χ1n) is 4.82. The van der Waals surface area contributed by atoms with Gasteiger partial charge in [0, 0.05) is 32.2 Å². The Morgan fingerprint density at radius 1 is 1.40 bits per heavy atom. The third-order valence-electron chi connectivity index (χ3n) is 2.22. The van der Waals surface area contributed by atoms with Gasteiger partial charge in [-0.1, -0.05) is 0 Å². The first kappa shape index (κ1) is 9.71. The van der Waals surface area contributed by atoms with E-state index in [1.807, 2.05) is 48.6 Å². The van der Waals surface area contributed by atoms with Crippen LogP contribution in [0.3, 0.4) is 0 Å². The maximum Gasteiger partial charge on any atom is 0.136 e. The van der Waals surface area contributed by atoms with Gasteiger partial charge >= 0.3 is 0 Å². The van der Waals surface area contributed by atoms with Crippen LogP contribution in [0.4, 0.5) is 5.69 Å². The van der Waals surface area contributed by atoms with Crippen molar-refractivity contribution in [3.63, 3.8) is 0 Å². The molecule has 2 rings (SSSR count). The largest absolute Gasteiger partial charge is 0.369 e. The van der Waals surface area contributed by atoms with Gasteiger partial charge in [0.15, 0.2) is 0 Å². The predicted molar refractivity (Wildman–Crippen MR) is 61.8 cm³/mol. The van der Waals surface area contributed by atoms with E-state index in [9.17, 15) is 0 Å². The molecule has 0 saturated carbocycles. The van der Waals surface area contributed by atoms with Crippen molar-refractivity contribution in [2.24, 2.45) is 4.99 Å². The van der Waals surface area contributed by atoms with Crippen LogP contribution in [-0.4, -0.2) is 34.7 Å². The standard InChI is InChI=1S/C11H14N4/c1-9-10(13-8-14(2)3)4-5-11-12-6-7-15(9)11/h4-8H,1-3H3. The van der Waals surface area contributed by atoms with E-state index in [1.165, 1.54) is 0 Å². The van der Waals surface area contributed by atoms with Crippen molar-refractivity contribution >= 4 is 17.7 Å². The Balaban J connectivity index is 2.48. The molecule has 0 aliphatic rings. The number of aryl methyl sites for hydroxylation is 1. The van der Waals surface area contributed by atoms with Gasteiger partial charge in [-0.25, -0.2) is 9.98 Å². The molecule has 78 valence electrons. The van der Waals surface area contributed by atoms with E-state index in [2.05, 4.69) is 9.98 Å². The highest BCUT2D eigenvalue weighted by molar-refractivity contribution is 5.63. The summed E-state index contributed by atoms with van der Waals surface area (Å²) in [4.78, 5) is 10.5. The molecular formula is C11H14N4. The molecule has 4 nitrogen and oxygen atoms in total. The molecule has 2 heterocycles. The molecule has 4 heteroatoms. The second-order valence-electron chi connectivity index (χ2n) is 3.67. The SMILES string of the molecule is Cc1c(N=CN(C)C)ccc2nccn12. The molecule has 2 aromatic heterocycles. The Hall–Kier alpha value is -1.84. The monoisotopic (exact) mass is 202 g/mol. The Morgan fingerprint density at radius 2 is 2.20 bits per heavy atom. The Bertz CT molecular complexity index is 496. The molecule has 0 aliphatic carbocycles. The summed E-state index contributed by atoms with van der Waals surface area (Å²) in [6.45, 7) is 2.04. The smallest absolute Gasteiger partial charge is 0.136 e. The molecule has 0 N–H and O–H groups in total. The van der Waals surface area contributed by atoms with Crippen LogP contribution in [-0.2, 0) is 0 Å². The van der Waals surface area contributed by atoms with Crippen LogP contribution in [0.15, 0.2) is 29.5 Å². The number of aliphatic imine (C=N–C) groups is 1. The highest BCUT2D eigenvalue weighted by Gasteiger charge is 2.01. The van der Waals surface area contributed by atoms with E-state index in [-0.39, 0.29) is 0 Å². The molecule has 0 aromatic carbocycles. The minimum atomic E-state index is 0.955. The average Bonchev–Trinajstić information content (AvgIpc) is 2.65. The molecule has 0 radical (unpaired) electrons. The lowest BCUT2D eigenvalue weighted by Crippen LogP contribution is -2.07. The van der Waals surface area contributed by atoms with Crippen LogP contribution in [0.2, 0.25) is 0 Å². The van der Waals surface area contributed by atoms with Crippen molar-refractivity contribution in [2.45, 2.75) is 6.92 Å². The fraction of sp³-hybridized carbons (Fsp3) is 0.273. The summed E-state index contributed by atoms with van der Waals surface area (Å²) in [5, 5.41) is 0. The summed E-state index contributed by atoms with van der Waals surface area (Å²) in [5.41, 5.74) is 3.02. The average molecular weight is 202 g/mol. The molecular weight excluding hydrogens is 188 g/mol. The van der Waals surface area contributed by atoms with Crippen LogP contribution in [0, 0.1) is 6.92 Å². The summed E-state index contributed by atoms with van der Waals surface area (Å²) in [5.74, 6) is 0. The molecule has 0 spiro atoms. The second kappa shape index (κ2) is 3.73. The molecule has 0 unspecified atom stereocenters. The molecule has 0 saturated heterocycles. The topological polar surface area (TPSA) is 32.9 Å². The van der Waals surface area contributed by atoms with Crippen molar-refractivity contribution < 1.29 is 0 Å². The van der Waals surface area contributed by atoms with Crippen molar-refractivity contribution in [2.75, 3.05) is 14.1 Å².